The molecular formula is C15H21NO. The van der Waals surface area contributed by atoms with E-state index in [9.17, 15) is 5.11 Å². The molecule has 0 saturated carbocycles. The lowest BCUT2D eigenvalue weighted by Gasteiger charge is -2.49. The van der Waals surface area contributed by atoms with E-state index in [4.69, 9.17) is 0 Å². The van der Waals surface area contributed by atoms with E-state index in [-0.39, 0.29) is 0 Å². The Labute approximate surface area is 103 Å². The molecular weight excluding hydrogens is 210 g/mol. The van der Waals surface area contributed by atoms with E-state index in [1.165, 1.54) is 25.9 Å². The lowest BCUT2D eigenvalue weighted by molar-refractivity contribution is -0.0995. The van der Waals surface area contributed by atoms with Gasteiger partial charge in [-0.25, -0.2) is 0 Å². The molecule has 1 aromatic carbocycles. The van der Waals surface area contributed by atoms with Crippen LogP contribution in [-0.2, 0) is 5.60 Å². The van der Waals surface area contributed by atoms with Gasteiger partial charge in [-0.1, -0.05) is 36.8 Å². The van der Waals surface area contributed by atoms with E-state index in [2.05, 4.69) is 17.0 Å². The van der Waals surface area contributed by atoms with Crippen molar-refractivity contribution < 1.29 is 5.11 Å². The smallest absolute Gasteiger partial charge is 0.105 e. The normalized spacial score (nSPS) is 34.3. The Balaban J connectivity index is 1.94. The van der Waals surface area contributed by atoms with Crippen LogP contribution in [0.3, 0.4) is 0 Å². The Morgan fingerprint density at radius 1 is 1.06 bits per heavy atom. The second-order valence-corrected chi connectivity index (χ2v) is 5.44. The maximum atomic E-state index is 11.1. The summed E-state index contributed by atoms with van der Waals surface area (Å²) in [5.74, 6) is 0. The highest BCUT2D eigenvalue weighted by atomic mass is 16.3. The number of hydrogen-bond donors (Lipinski definition) is 1. The molecule has 17 heavy (non-hydrogen) atoms. The molecule has 2 nitrogen and oxygen atoms in total. The first-order valence-electron chi connectivity index (χ1n) is 6.83. The van der Waals surface area contributed by atoms with Crippen molar-refractivity contribution in [3.8, 4) is 0 Å². The quantitative estimate of drug-likeness (QED) is 0.803. The van der Waals surface area contributed by atoms with Gasteiger partial charge in [-0.15, -0.1) is 0 Å². The van der Waals surface area contributed by atoms with Crippen molar-refractivity contribution in [2.24, 2.45) is 0 Å². The number of aliphatic hydroxyl groups is 1. The molecule has 2 atom stereocenters. The van der Waals surface area contributed by atoms with Crippen LogP contribution in [0.4, 0.5) is 0 Å². The van der Waals surface area contributed by atoms with Crippen molar-refractivity contribution in [1.29, 1.82) is 0 Å². The van der Waals surface area contributed by atoms with Crippen LogP contribution in [0.5, 0.6) is 0 Å². The Bertz CT molecular complexity index is 376. The van der Waals surface area contributed by atoms with Crippen LogP contribution in [0.15, 0.2) is 30.3 Å². The highest BCUT2D eigenvalue weighted by molar-refractivity contribution is 5.25. The van der Waals surface area contributed by atoms with Crippen LogP contribution >= 0.6 is 0 Å². The predicted molar refractivity (Wildman–Crippen MR) is 68.8 cm³/mol. The summed E-state index contributed by atoms with van der Waals surface area (Å²) in [4.78, 5) is 2.50. The van der Waals surface area contributed by atoms with Crippen LogP contribution in [0, 0.1) is 0 Å². The molecule has 1 aromatic rings. The molecule has 0 radical (unpaired) electrons. The summed E-state index contributed by atoms with van der Waals surface area (Å²) < 4.78 is 0. The van der Waals surface area contributed by atoms with E-state index in [0.717, 1.165) is 24.8 Å². The van der Waals surface area contributed by atoms with Crippen molar-refractivity contribution in [2.45, 2.75) is 43.7 Å². The molecule has 3 rings (SSSR count). The zero-order valence-corrected chi connectivity index (χ0v) is 10.3. The van der Waals surface area contributed by atoms with E-state index in [1.807, 2.05) is 18.2 Å². The molecule has 2 heteroatoms. The van der Waals surface area contributed by atoms with Gasteiger partial charge >= 0.3 is 0 Å². The molecule has 0 aliphatic carbocycles. The summed E-state index contributed by atoms with van der Waals surface area (Å²) in [6, 6.07) is 10.6. The fourth-order valence-electron chi connectivity index (χ4n) is 3.58. The van der Waals surface area contributed by atoms with Crippen LogP contribution in [0.2, 0.25) is 0 Å². The van der Waals surface area contributed by atoms with Crippen LogP contribution < -0.4 is 0 Å². The fraction of sp³-hybridized carbons (Fsp3) is 0.600. The van der Waals surface area contributed by atoms with Crippen molar-refractivity contribution in [1.82, 2.24) is 4.90 Å². The number of piperidine rings is 2. The first-order valence-corrected chi connectivity index (χ1v) is 6.83. The van der Waals surface area contributed by atoms with Gasteiger partial charge < -0.3 is 5.11 Å². The van der Waals surface area contributed by atoms with Gasteiger partial charge in [0.25, 0.3) is 0 Å². The topological polar surface area (TPSA) is 23.5 Å². The highest BCUT2D eigenvalue weighted by Crippen LogP contribution is 2.40. The lowest BCUT2D eigenvalue weighted by Crippen LogP contribution is -2.56. The molecule has 0 aromatic heterocycles. The molecule has 2 fully saturated rings. The molecule has 2 saturated heterocycles. The molecule has 0 spiro atoms. The van der Waals surface area contributed by atoms with Crippen molar-refractivity contribution in [3.63, 3.8) is 0 Å². The largest absolute Gasteiger partial charge is 0.384 e. The minimum absolute atomic E-state index is 0.340. The second-order valence-electron chi connectivity index (χ2n) is 5.44. The summed E-state index contributed by atoms with van der Waals surface area (Å²) in [6.07, 6.45) is 5.73. The summed E-state index contributed by atoms with van der Waals surface area (Å²) >= 11 is 0. The van der Waals surface area contributed by atoms with Gasteiger partial charge in [0.2, 0.25) is 0 Å². The molecule has 0 bridgehead atoms. The van der Waals surface area contributed by atoms with Gasteiger partial charge in [0.15, 0.2) is 0 Å². The van der Waals surface area contributed by atoms with Gasteiger partial charge in [0, 0.05) is 6.04 Å². The summed E-state index contributed by atoms with van der Waals surface area (Å²) in [6.45, 7) is 2.33. The predicted octanol–water partition coefficient (Wildman–Crippen LogP) is 2.52. The standard InChI is InChI=1S/C15H21NO/c17-15(13-7-2-1-3-8-13)10-6-12-16-11-5-4-9-14(15)16/h1-3,7-8,14,17H,4-6,9-12H2/t14?,15-/m0/s1. The first-order chi connectivity index (χ1) is 8.31. The van der Waals surface area contributed by atoms with Crippen LogP contribution in [0.25, 0.3) is 0 Å². The SMILES string of the molecule is O[C@]1(c2ccccc2)CCCN2CCCCC21. The van der Waals surface area contributed by atoms with Gasteiger partial charge in [-0.3, -0.25) is 4.90 Å². The van der Waals surface area contributed by atoms with E-state index >= 15 is 0 Å². The highest BCUT2D eigenvalue weighted by Gasteiger charge is 2.44. The molecule has 0 amide bonds. The number of rotatable bonds is 1. The van der Waals surface area contributed by atoms with E-state index in [1.54, 1.807) is 0 Å². The van der Waals surface area contributed by atoms with Crippen molar-refractivity contribution in [2.75, 3.05) is 13.1 Å². The molecule has 2 aliphatic heterocycles. The summed E-state index contributed by atoms with van der Waals surface area (Å²) in [7, 11) is 0. The first kappa shape index (κ1) is 11.2. The Morgan fingerprint density at radius 2 is 1.82 bits per heavy atom. The second kappa shape index (κ2) is 4.43. The Kier molecular flexibility index (Phi) is 2.93. The minimum Gasteiger partial charge on any atom is -0.384 e. The maximum Gasteiger partial charge on any atom is 0.105 e. The van der Waals surface area contributed by atoms with E-state index in [0.29, 0.717) is 6.04 Å². The van der Waals surface area contributed by atoms with Gasteiger partial charge in [-0.05, 0) is 44.3 Å². The van der Waals surface area contributed by atoms with Gasteiger partial charge in [-0.2, -0.15) is 0 Å². The zero-order valence-electron chi connectivity index (χ0n) is 10.3. The third-order valence-corrected chi connectivity index (χ3v) is 4.44. The number of hydrogen-bond acceptors (Lipinski definition) is 2. The Morgan fingerprint density at radius 3 is 2.65 bits per heavy atom. The number of nitrogens with zero attached hydrogens (tertiary/aromatic N) is 1. The fourth-order valence-corrected chi connectivity index (χ4v) is 3.58. The minimum atomic E-state index is -0.611. The molecule has 1 unspecified atom stereocenters. The molecule has 1 N–H and O–H groups in total. The van der Waals surface area contributed by atoms with Crippen LogP contribution in [0.1, 0.15) is 37.7 Å². The molecule has 2 heterocycles. The van der Waals surface area contributed by atoms with Crippen LogP contribution in [-0.4, -0.2) is 29.1 Å². The van der Waals surface area contributed by atoms with Crippen molar-refractivity contribution >= 4 is 0 Å². The number of fused-ring (bicyclic) bond motifs is 1. The summed E-state index contributed by atoms with van der Waals surface area (Å²) in [5, 5.41) is 11.1. The third-order valence-electron chi connectivity index (χ3n) is 4.44. The molecule has 92 valence electrons. The lowest BCUT2D eigenvalue weighted by atomic mass is 9.75. The van der Waals surface area contributed by atoms with Gasteiger partial charge in [0.1, 0.15) is 5.60 Å². The average molecular weight is 231 g/mol. The van der Waals surface area contributed by atoms with Gasteiger partial charge in [0.05, 0.1) is 0 Å². The van der Waals surface area contributed by atoms with Crippen molar-refractivity contribution in [3.05, 3.63) is 35.9 Å². The zero-order chi connectivity index (χ0) is 11.7. The maximum absolute atomic E-state index is 11.1. The average Bonchev–Trinajstić information content (AvgIpc) is 2.40. The van der Waals surface area contributed by atoms with E-state index < -0.39 is 5.60 Å². The number of benzene rings is 1. The monoisotopic (exact) mass is 231 g/mol. The Hall–Kier alpha value is -0.860. The summed E-state index contributed by atoms with van der Waals surface area (Å²) in [5.41, 5.74) is 0.497. The molecule has 2 aliphatic rings. The third kappa shape index (κ3) is 1.90.